The molecule has 0 spiro atoms. The van der Waals surface area contributed by atoms with E-state index in [1.807, 2.05) is 55.5 Å². The molecule has 0 aliphatic carbocycles. The fourth-order valence-corrected chi connectivity index (χ4v) is 5.53. The van der Waals surface area contributed by atoms with Crippen LogP contribution in [0.15, 0.2) is 72.8 Å². The first-order chi connectivity index (χ1) is 25.3. The predicted molar refractivity (Wildman–Crippen MR) is 195 cm³/mol. The maximum absolute atomic E-state index is 12.6. The molecule has 5 rings (SSSR count). The molecule has 2 aliphatic rings. The molecule has 2 unspecified atom stereocenters. The van der Waals surface area contributed by atoms with Gasteiger partial charge in [-0.3, -0.25) is 14.4 Å². The van der Waals surface area contributed by atoms with Gasteiger partial charge in [0.15, 0.2) is 5.79 Å². The Morgan fingerprint density at radius 2 is 1.49 bits per heavy atom. The van der Waals surface area contributed by atoms with Crippen LogP contribution >= 0.6 is 0 Å². The van der Waals surface area contributed by atoms with Gasteiger partial charge >= 0.3 is 11.9 Å². The predicted octanol–water partition coefficient (Wildman–Crippen LogP) is 5.78. The quantitative estimate of drug-likeness (QED) is 0.160. The number of aliphatic hydroxyl groups is 2. The lowest BCUT2D eigenvalue weighted by molar-refractivity contribution is -0.291. The summed E-state index contributed by atoms with van der Waals surface area (Å²) in [6.45, 7) is 8.21. The van der Waals surface area contributed by atoms with Crippen LogP contribution in [0, 0.1) is 35.4 Å². The van der Waals surface area contributed by atoms with Gasteiger partial charge in [0.05, 0.1) is 12.5 Å². The summed E-state index contributed by atoms with van der Waals surface area (Å²) in [4.78, 5) is 36.7. The van der Waals surface area contributed by atoms with E-state index in [9.17, 15) is 18.8 Å². The van der Waals surface area contributed by atoms with E-state index in [2.05, 4.69) is 23.7 Å². The monoisotopic (exact) mass is 727 g/mol. The number of benzene rings is 3. The molecule has 2 saturated heterocycles. The summed E-state index contributed by atoms with van der Waals surface area (Å²) < 4.78 is 34.5. The number of β-lactam (4-membered cyclic amide) rings is 1. The molecule has 0 bridgehead atoms. The van der Waals surface area contributed by atoms with Crippen molar-refractivity contribution in [2.45, 2.75) is 77.4 Å². The third-order valence-corrected chi connectivity index (χ3v) is 8.53. The number of anilines is 1. The summed E-state index contributed by atoms with van der Waals surface area (Å²) in [6, 6.07) is 21.0. The molecule has 3 aromatic carbocycles. The van der Waals surface area contributed by atoms with Gasteiger partial charge in [-0.05, 0) is 85.8 Å². The Kier molecular flexibility index (Phi) is 14.3. The molecule has 2 atom stereocenters. The summed E-state index contributed by atoms with van der Waals surface area (Å²) in [5.41, 5.74) is 2.96. The molecule has 0 saturated carbocycles. The van der Waals surface area contributed by atoms with Crippen LogP contribution in [0.5, 0.6) is 0 Å². The van der Waals surface area contributed by atoms with Gasteiger partial charge in [0.1, 0.15) is 25.1 Å². The van der Waals surface area contributed by atoms with Crippen molar-refractivity contribution in [3.8, 4) is 23.7 Å². The van der Waals surface area contributed by atoms with Crippen LogP contribution in [0.4, 0.5) is 10.1 Å². The molecule has 11 heteroatoms. The lowest BCUT2D eigenvalue weighted by Crippen LogP contribution is -2.52. The van der Waals surface area contributed by atoms with Crippen molar-refractivity contribution in [2.75, 3.05) is 31.3 Å². The summed E-state index contributed by atoms with van der Waals surface area (Å²) in [5, 5.41) is 18.3. The Labute approximate surface area is 310 Å². The fraction of sp³-hybridized carbons (Fsp3) is 0.405. The lowest BCUT2D eigenvalue weighted by Gasteiger charge is -2.40. The van der Waals surface area contributed by atoms with Crippen molar-refractivity contribution in [1.82, 2.24) is 0 Å². The summed E-state index contributed by atoms with van der Waals surface area (Å²) in [5.74, 6) is 10.1. The average Bonchev–Trinajstić information content (AvgIpc) is 3.13. The number of esters is 2. The third-order valence-electron chi connectivity index (χ3n) is 8.53. The standard InChI is InChI=1S/C31H33NO7.C11H13FO2/c1-22(35)39-31(20-37-30(2,3)38-21-31)16-15-24-7-11-26(12-8-24)28-17-29(36)32(28)27-13-9-23(10-14-27)5-4-6-25(18-33)19-34;1-3-11(14-8(2)13)9-4-6-10(12)7-5-9/h7-14,25,28,33-34H,6,17-21H2,1-3H3;4-7,11H,3H2,1-2H3. The minimum atomic E-state index is -1.17. The second kappa shape index (κ2) is 18.6. The highest BCUT2D eigenvalue weighted by Crippen LogP contribution is 2.39. The molecule has 1 amide bonds. The van der Waals surface area contributed by atoms with Crippen molar-refractivity contribution in [2.24, 2.45) is 5.92 Å². The van der Waals surface area contributed by atoms with Crippen molar-refractivity contribution >= 4 is 23.5 Å². The van der Waals surface area contributed by atoms with E-state index < -0.39 is 17.4 Å². The Morgan fingerprint density at radius 1 is 0.906 bits per heavy atom. The molecular formula is C42H46FNO9. The van der Waals surface area contributed by atoms with Crippen LogP contribution in [0.3, 0.4) is 0 Å². The maximum atomic E-state index is 12.6. The van der Waals surface area contributed by atoms with Crippen molar-refractivity contribution in [3.63, 3.8) is 0 Å². The van der Waals surface area contributed by atoms with Crippen molar-refractivity contribution < 1.29 is 47.9 Å². The maximum Gasteiger partial charge on any atom is 0.304 e. The fourth-order valence-electron chi connectivity index (χ4n) is 5.53. The zero-order valence-corrected chi connectivity index (χ0v) is 30.7. The largest absolute Gasteiger partial charge is 0.458 e. The Morgan fingerprint density at radius 3 is 2.02 bits per heavy atom. The van der Waals surface area contributed by atoms with Crippen LogP contribution in [-0.2, 0) is 33.3 Å². The summed E-state index contributed by atoms with van der Waals surface area (Å²) >= 11 is 0. The van der Waals surface area contributed by atoms with Crippen LogP contribution < -0.4 is 4.90 Å². The SMILES string of the molecule is CC(=O)OC1(C#Cc2ccc(C3CC(=O)N3c3ccc(C#CCC(CO)CO)cc3)cc2)COC(C)(C)OC1.CCC(OC(C)=O)c1ccc(F)cc1. The first-order valence-corrected chi connectivity index (χ1v) is 17.4. The normalized spacial score (nSPS) is 17.4. The zero-order chi connectivity index (χ0) is 38.6. The molecule has 2 heterocycles. The van der Waals surface area contributed by atoms with Crippen LogP contribution in [0.25, 0.3) is 0 Å². The van der Waals surface area contributed by atoms with Gasteiger partial charge in [0, 0.05) is 56.2 Å². The highest BCUT2D eigenvalue weighted by Gasteiger charge is 2.42. The van der Waals surface area contributed by atoms with Crippen LogP contribution in [-0.4, -0.2) is 65.9 Å². The van der Waals surface area contributed by atoms with Gasteiger partial charge < -0.3 is 34.1 Å². The van der Waals surface area contributed by atoms with E-state index in [-0.39, 0.29) is 62.2 Å². The molecule has 2 fully saturated rings. The number of hydrogen-bond acceptors (Lipinski definition) is 9. The van der Waals surface area contributed by atoms with E-state index >= 15 is 0 Å². The summed E-state index contributed by atoms with van der Waals surface area (Å²) in [6.07, 6.45) is 1.24. The first kappa shape index (κ1) is 40.7. The molecule has 10 nitrogen and oxygen atoms in total. The van der Waals surface area contributed by atoms with Crippen molar-refractivity contribution in [3.05, 3.63) is 101 Å². The van der Waals surface area contributed by atoms with Gasteiger partial charge in [0.2, 0.25) is 11.5 Å². The highest BCUT2D eigenvalue weighted by atomic mass is 19.1. The number of carbonyl (C=O) groups is 3. The number of halogens is 1. The number of amides is 1. The van der Waals surface area contributed by atoms with Gasteiger partial charge in [-0.15, -0.1) is 0 Å². The number of carbonyl (C=O) groups excluding carboxylic acids is 3. The van der Waals surface area contributed by atoms with Gasteiger partial charge in [-0.2, -0.15) is 0 Å². The molecule has 280 valence electrons. The lowest BCUT2D eigenvalue weighted by atomic mass is 9.92. The average molecular weight is 728 g/mol. The van der Waals surface area contributed by atoms with Gasteiger partial charge in [-0.1, -0.05) is 49.0 Å². The van der Waals surface area contributed by atoms with E-state index in [0.717, 1.165) is 27.9 Å². The zero-order valence-electron chi connectivity index (χ0n) is 30.7. The smallest absolute Gasteiger partial charge is 0.304 e. The number of aliphatic hydroxyl groups excluding tert-OH is 2. The number of hydrogen-bond donors (Lipinski definition) is 2. The molecular weight excluding hydrogens is 681 g/mol. The third kappa shape index (κ3) is 11.7. The number of nitrogens with zero attached hydrogens (tertiary/aromatic N) is 1. The second-order valence-corrected chi connectivity index (χ2v) is 13.3. The first-order valence-electron chi connectivity index (χ1n) is 17.4. The Bertz CT molecular complexity index is 1820. The molecule has 3 aromatic rings. The van der Waals surface area contributed by atoms with Crippen molar-refractivity contribution in [1.29, 1.82) is 0 Å². The van der Waals surface area contributed by atoms with Crippen LogP contribution in [0.2, 0.25) is 0 Å². The minimum absolute atomic E-state index is 0.0416. The topological polar surface area (TPSA) is 132 Å². The van der Waals surface area contributed by atoms with Gasteiger partial charge in [-0.25, -0.2) is 4.39 Å². The van der Waals surface area contributed by atoms with E-state index in [1.165, 1.54) is 26.0 Å². The molecule has 0 radical (unpaired) electrons. The van der Waals surface area contributed by atoms with E-state index in [0.29, 0.717) is 19.3 Å². The summed E-state index contributed by atoms with van der Waals surface area (Å²) in [7, 11) is 0. The number of rotatable bonds is 9. The van der Waals surface area contributed by atoms with E-state index in [4.69, 9.17) is 29.2 Å². The molecule has 53 heavy (non-hydrogen) atoms. The van der Waals surface area contributed by atoms with Gasteiger partial charge in [0.25, 0.3) is 0 Å². The van der Waals surface area contributed by atoms with E-state index in [1.54, 1.807) is 30.9 Å². The minimum Gasteiger partial charge on any atom is -0.458 e. The Hall–Kier alpha value is -5.04. The molecule has 2 aliphatic heterocycles. The molecule has 2 N–H and O–H groups in total. The number of ether oxygens (including phenoxy) is 4. The van der Waals surface area contributed by atoms with Crippen LogP contribution in [0.1, 0.15) is 88.3 Å². The second-order valence-electron chi connectivity index (χ2n) is 13.3. The Balaban J connectivity index is 0.000000376. The highest BCUT2D eigenvalue weighted by molar-refractivity contribution is 6.01. The molecule has 0 aromatic heterocycles.